The van der Waals surface area contributed by atoms with Gasteiger partial charge in [-0.2, -0.15) is 0 Å². The van der Waals surface area contributed by atoms with Gasteiger partial charge in [0.15, 0.2) is 14.6 Å². The maximum Gasteiger partial charge on any atom is 0.414 e. The van der Waals surface area contributed by atoms with E-state index in [2.05, 4.69) is 15.9 Å². The Morgan fingerprint density at radius 2 is 2.17 bits per heavy atom. The molecule has 0 aliphatic carbocycles. The fourth-order valence-corrected chi connectivity index (χ4v) is 3.50. The number of carboxylic acid groups (broad SMARTS) is 1. The minimum Gasteiger partial charge on any atom is -0.480 e. The number of sulfone groups is 1. The van der Waals surface area contributed by atoms with Crippen LogP contribution in [-0.2, 0) is 19.4 Å². The number of rotatable bonds is 5. The first-order chi connectivity index (χ1) is 11.0. The van der Waals surface area contributed by atoms with Gasteiger partial charge in [-0.05, 0) is 25.1 Å². The average Bonchev–Trinajstić information content (AvgIpc) is 2.77. The van der Waals surface area contributed by atoms with Gasteiger partial charge >= 0.3 is 12.1 Å². The summed E-state index contributed by atoms with van der Waals surface area (Å²) in [4.78, 5) is 24.3. The molecule has 1 heterocycles. The molecule has 1 fully saturated rings. The van der Waals surface area contributed by atoms with Crippen molar-refractivity contribution in [1.82, 2.24) is 0 Å². The Morgan fingerprint density at radius 3 is 2.67 bits per heavy atom. The standard InChI is InChI=1S/C14H15BrFNO6S/c1-14(12(18)19,24(2,21)22)6-9-7-17(13(20)23-9)11-4-3-8(15)5-10(11)16/h3-5,9H,6-7H2,1-2H3,(H,18,19). The molecule has 1 aromatic rings. The van der Waals surface area contributed by atoms with Crippen LogP contribution in [0.25, 0.3) is 0 Å². The third kappa shape index (κ3) is 3.39. The van der Waals surface area contributed by atoms with E-state index in [0.717, 1.165) is 18.1 Å². The quantitative estimate of drug-likeness (QED) is 0.778. The van der Waals surface area contributed by atoms with Gasteiger partial charge in [-0.25, -0.2) is 17.6 Å². The molecule has 0 saturated carbocycles. The molecular formula is C14H15BrFNO6S. The second-order valence-corrected chi connectivity index (χ2v) is 9.09. The lowest BCUT2D eigenvalue weighted by Gasteiger charge is -2.24. The molecule has 1 N–H and O–H groups in total. The number of nitrogens with zero attached hydrogens (tertiary/aromatic N) is 1. The number of anilines is 1. The monoisotopic (exact) mass is 423 g/mol. The van der Waals surface area contributed by atoms with Crippen LogP contribution in [-0.4, -0.2) is 49.2 Å². The second kappa shape index (κ2) is 6.32. The minimum absolute atomic E-state index is 0.0258. The van der Waals surface area contributed by atoms with Gasteiger partial charge in [-0.15, -0.1) is 0 Å². The molecule has 2 unspecified atom stereocenters. The zero-order chi connectivity index (χ0) is 18.3. The third-order valence-electron chi connectivity index (χ3n) is 3.96. The summed E-state index contributed by atoms with van der Waals surface area (Å²) >= 11 is 3.10. The second-order valence-electron chi connectivity index (χ2n) is 5.72. The van der Waals surface area contributed by atoms with Crippen molar-refractivity contribution in [2.75, 3.05) is 17.7 Å². The zero-order valence-electron chi connectivity index (χ0n) is 12.8. The summed E-state index contributed by atoms with van der Waals surface area (Å²) in [5.41, 5.74) is -0.0258. The number of carbonyl (C=O) groups is 2. The Hall–Kier alpha value is -1.68. The van der Waals surface area contributed by atoms with Crippen LogP contribution in [0.15, 0.2) is 22.7 Å². The van der Waals surface area contributed by atoms with Gasteiger partial charge in [-0.1, -0.05) is 15.9 Å². The van der Waals surface area contributed by atoms with Crippen molar-refractivity contribution < 1.29 is 32.2 Å². The van der Waals surface area contributed by atoms with Gasteiger partial charge < -0.3 is 9.84 Å². The van der Waals surface area contributed by atoms with E-state index in [0.29, 0.717) is 4.47 Å². The Balaban J connectivity index is 2.25. The summed E-state index contributed by atoms with van der Waals surface area (Å²) in [6.45, 7) is 0.914. The maximum atomic E-state index is 14.0. The molecule has 0 bridgehead atoms. The average molecular weight is 424 g/mol. The van der Waals surface area contributed by atoms with E-state index in [4.69, 9.17) is 4.74 Å². The number of benzene rings is 1. The Morgan fingerprint density at radius 1 is 1.54 bits per heavy atom. The normalized spacial score (nSPS) is 20.6. The third-order valence-corrected chi connectivity index (χ3v) is 6.43. The molecule has 0 radical (unpaired) electrons. The van der Waals surface area contributed by atoms with E-state index < -0.39 is 45.0 Å². The molecule has 10 heteroatoms. The number of cyclic esters (lactones) is 1. The highest BCUT2D eigenvalue weighted by atomic mass is 79.9. The lowest BCUT2D eigenvalue weighted by Crippen LogP contribution is -2.46. The number of hydrogen-bond acceptors (Lipinski definition) is 5. The Labute approximate surface area is 146 Å². The summed E-state index contributed by atoms with van der Waals surface area (Å²) in [5, 5.41) is 9.25. The predicted octanol–water partition coefficient (Wildman–Crippen LogP) is 2.19. The van der Waals surface area contributed by atoms with Crippen LogP contribution in [0.3, 0.4) is 0 Å². The van der Waals surface area contributed by atoms with E-state index in [1.165, 1.54) is 18.2 Å². The molecule has 0 spiro atoms. The number of ether oxygens (including phenoxy) is 1. The molecule has 0 aromatic heterocycles. The number of hydrogen-bond donors (Lipinski definition) is 1. The molecule has 132 valence electrons. The molecule has 2 rings (SSSR count). The first kappa shape index (κ1) is 18.7. The molecule has 7 nitrogen and oxygen atoms in total. The Kier molecular flexibility index (Phi) is 4.91. The fraction of sp³-hybridized carbons (Fsp3) is 0.429. The van der Waals surface area contributed by atoms with Gasteiger partial charge in [0, 0.05) is 17.1 Å². The highest BCUT2D eigenvalue weighted by molar-refractivity contribution is 9.10. The topological polar surface area (TPSA) is 101 Å². The number of aliphatic carboxylic acids is 1. The van der Waals surface area contributed by atoms with Crippen LogP contribution in [0.4, 0.5) is 14.9 Å². The van der Waals surface area contributed by atoms with Crippen LogP contribution < -0.4 is 4.90 Å². The van der Waals surface area contributed by atoms with Crippen LogP contribution >= 0.6 is 15.9 Å². The van der Waals surface area contributed by atoms with Gasteiger partial charge in [0.25, 0.3) is 0 Å². The van der Waals surface area contributed by atoms with E-state index in [1.807, 2.05) is 0 Å². The van der Waals surface area contributed by atoms with Crippen molar-refractivity contribution in [1.29, 1.82) is 0 Å². The molecule has 1 aliphatic heterocycles. The van der Waals surface area contributed by atoms with Crippen LogP contribution in [0.1, 0.15) is 13.3 Å². The van der Waals surface area contributed by atoms with E-state index in [1.54, 1.807) is 0 Å². The van der Waals surface area contributed by atoms with Crippen molar-refractivity contribution in [3.05, 3.63) is 28.5 Å². The lowest BCUT2D eigenvalue weighted by molar-refractivity contribution is -0.140. The summed E-state index contributed by atoms with van der Waals surface area (Å²) < 4.78 is 41.0. The van der Waals surface area contributed by atoms with Gasteiger partial charge in [0.05, 0.1) is 12.2 Å². The Bertz CT molecular complexity index is 798. The van der Waals surface area contributed by atoms with Crippen molar-refractivity contribution in [3.8, 4) is 0 Å². The number of halogens is 2. The molecule has 1 amide bonds. The number of amides is 1. The van der Waals surface area contributed by atoms with Crippen molar-refractivity contribution >= 4 is 43.5 Å². The summed E-state index contributed by atoms with van der Waals surface area (Å²) in [6, 6.07) is 4.08. The highest BCUT2D eigenvalue weighted by Crippen LogP contribution is 2.31. The zero-order valence-corrected chi connectivity index (χ0v) is 15.2. The molecule has 2 atom stereocenters. The van der Waals surface area contributed by atoms with Crippen LogP contribution in [0, 0.1) is 5.82 Å². The highest BCUT2D eigenvalue weighted by Gasteiger charge is 2.48. The number of carbonyl (C=O) groups excluding carboxylic acids is 1. The smallest absolute Gasteiger partial charge is 0.414 e. The molecule has 1 aromatic carbocycles. The van der Waals surface area contributed by atoms with Gasteiger partial charge in [-0.3, -0.25) is 9.69 Å². The first-order valence-electron chi connectivity index (χ1n) is 6.82. The van der Waals surface area contributed by atoms with Crippen molar-refractivity contribution in [2.24, 2.45) is 0 Å². The predicted molar refractivity (Wildman–Crippen MR) is 87.2 cm³/mol. The lowest BCUT2D eigenvalue weighted by atomic mass is 10.0. The summed E-state index contributed by atoms with van der Waals surface area (Å²) in [7, 11) is -3.95. The van der Waals surface area contributed by atoms with Crippen molar-refractivity contribution in [3.63, 3.8) is 0 Å². The molecular weight excluding hydrogens is 409 g/mol. The first-order valence-corrected chi connectivity index (χ1v) is 9.50. The SMILES string of the molecule is CC(CC1CN(c2ccc(Br)cc2F)C(=O)O1)(C(=O)O)S(C)(=O)=O. The molecule has 24 heavy (non-hydrogen) atoms. The van der Waals surface area contributed by atoms with Crippen LogP contribution in [0.5, 0.6) is 0 Å². The maximum absolute atomic E-state index is 14.0. The van der Waals surface area contributed by atoms with E-state index in [-0.39, 0.29) is 12.2 Å². The van der Waals surface area contributed by atoms with E-state index in [9.17, 15) is 27.5 Å². The summed E-state index contributed by atoms with van der Waals surface area (Å²) in [5.74, 6) is -2.19. The van der Waals surface area contributed by atoms with Gasteiger partial charge in [0.1, 0.15) is 11.9 Å². The molecule has 1 aliphatic rings. The van der Waals surface area contributed by atoms with E-state index >= 15 is 0 Å². The summed E-state index contributed by atoms with van der Waals surface area (Å²) in [6.07, 6.45) is -1.47. The largest absolute Gasteiger partial charge is 0.480 e. The van der Waals surface area contributed by atoms with Crippen LogP contribution in [0.2, 0.25) is 0 Å². The molecule has 1 saturated heterocycles. The minimum atomic E-state index is -3.95. The number of carboxylic acids is 1. The fourth-order valence-electron chi connectivity index (χ4n) is 2.36. The van der Waals surface area contributed by atoms with Crippen molar-refractivity contribution in [2.45, 2.75) is 24.2 Å². The van der Waals surface area contributed by atoms with Gasteiger partial charge in [0.2, 0.25) is 0 Å².